The highest BCUT2D eigenvalue weighted by Gasteiger charge is 2.50. The molecule has 2 amide bonds. The number of hydrogen-bond donors (Lipinski definition) is 0. The zero-order valence-corrected chi connectivity index (χ0v) is 17.4. The topological polar surface area (TPSA) is 101 Å². The van der Waals surface area contributed by atoms with Gasteiger partial charge in [0.2, 0.25) is 21.8 Å². The van der Waals surface area contributed by atoms with E-state index >= 15 is 0 Å². The number of amides is 2. The van der Waals surface area contributed by atoms with E-state index in [1.807, 2.05) is 12.2 Å². The van der Waals surface area contributed by atoms with Crippen LogP contribution in [0.2, 0.25) is 0 Å². The van der Waals surface area contributed by atoms with E-state index in [2.05, 4.69) is 0 Å². The van der Waals surface area contributed by atoms with Crippen LogP contribution in [0.4, 0.5) is 0 Å². The Morgan fingerprint density at radius 3 is 2.31 bits per heavy atom. The zero-order chi connectivity index (χ0) is 21.3. The zero-order valence-electron chi connectivity index (χ0n) is 16.6. The monoisotopic (exact) mass is 420 g/mol. The number of carbonyl (C=O) groups excluding carboxylic acids is 3. The lowest BCUT2D eigenvalue weighted by Gasteiger charge is -2.21. The Morgan fingerprint density at radius 2 is 1.76 bits per heavy atom. The third-order valence-electron chi connectivity index (χ3n) is 5.33. The van der Waals surface area contributed by atoms with Gasteiger partial charge in [0, 0.05) is 14.1 Å². The molecular weight excluding hydrogens is 396 g/mol. The van der Waals surface area contributed by atoms with E-state index in [-0.39, 0.29) is 23.3 Å². The standard InChI is InChI=1S/C20H24N2O6S/c1-13(22-18(23)16-9-4-5-10-17(16)19(22)24)20(25)28-12-14-7-6-8-15(11-14)29(26,27)21(2)3/h4-8,11,13,16-17H,9-10,12H2,1-3H3/t13-,16-,17+/m1/s1. The molecule has 3 atom stereocenters. The second kappa shape index (κ2) is 8.08. The fraction of sp³-hybridized carbons (Fsp3) is 0.450. The van der Waals surface area contributed by atoms with Crippen LogP contribution in [0.5, 0.6) is 0 Å². The first kappa shape index (κ1) is 21.2. The molecule has 1 aliphatic heterocycles. The number of rotatable bonds is 6. The summed E-state index contributed by atoms with van der Waals surface area (Å²) in [7, 11) is -0.742. The summed E-state index contributed by atoms with van der Waals surface area (Å²) < 4.78 is 30.8. The van der Waals surface area contributed by atoms with Gasteiger partial charge >= 0.3 is 5.97 Å². The van der Waals surface area contributed by atoms with Gasteiger partial charge in [-0.25, -0.2) is 17.5 Å². The van der Waals surface area contributed by atoms with Crippen LogP contribution < -0.4 is 0 Å². The van der Waals surface area contributed by atoms with E-state index in [9.17, 15) is 22.8 Å². The van der Waals surface area contributed by atoms with Crippen LogP contribution in [-0.4, -0.2) is 55.5 Å². The van der Waals surface area contributed by atoms with Crippen LogP contribution in [0.3, 0.4) is 0 Å². The summed E-state index contributed by atoms with van der Waals surface area (Å²) in [4.78, 5) is 38.7. The van der Waals surface area contributed by atoms with Gasteiger partial charge in [-0.1, -0.05) is 24.3 Å². The van der Waals surface area contributed by atoms with Crippen LogP contribution in [0, 0.1) is 11.8 Å². The van der Waals surface area contributed by atoms with Crippen LogP contribution in [0.15, 0.2) is 41.3 Å². The molecule has 1 aromatic rings. The number of esters is 1. The maximum atomic E-state index is 12.6. The lowest BCUT2D eigenvalue weighted by atomic mass is 9.85. The fourth-order valence-corrected chi connectivity index (χ4v) is 4.57. The molecule has 1 fully saturated rings. The fourth-order valence-electron chi connectivity index (χ4n) is 3.59. The summed E-state index contributed by atoms with van der Waals surface area (Å²) in [6.07, 6.45) is 4.77. The molecular formula is C20H24N2O6S. The predicted molar refractivity (Wildman–Crippen MR) is 104 cm³/mol. The van der Waals surface area contributed by atoms with Crippen LogP contribution in [0.1, 0.15) is 25.3 Å². The van der Waals surface area contributed by atoms with Crippen LogP contribution in [-0.2, 0) is 35.8 Å². The Bertz CT molecular complexity index is 943. The minimum atomic E-state index is -3.60. The molecule has 8 nitrogen and oxygen atoms in total. The predicted octanol–water partition coefficient (Wildman–Crippen LogP) is 1.32. The minimum absolute atomic E-state index is 0.0885. The van der Waals surface area contributed by atoms with Gasteiger partial charge in [-0.15, -0.1) is 0 Å². The molecule has 0 spiro atoms. The highest BCUT2D eigenvalue weighted by Crippen LogP contribution is 2.36. The summed E-state index contributed by atoms with van der Waals surface area (Å²) in [6.45, 7) is 1.31. The normalized spacial score (nSPS) is 22.7. The van der Waals surface area contributed by atoms with Gasteiger partial charge in [-0.05, 0) is 37.5 Å². The third-order valence-corrected chi connectivity index (χ3v) is 7.14. The van der Waals surface area contributed by atoms with Gasteiger partial charge < -0.3 is 4.74 Å². The summed E-state index contributed by atoms with van der Waals surface area (Å²) in [5, 5.41) is 0. The van der Waals surface area contributed by atoms with Crippen LogP contribution in [0.25, 0.3) is 0 Å². The van der Waals surface area contributed by atoms with Crippen molar-refractivity contribution >= 4 is 27.8 Å². The van der Waals surface area contributed by atoms with Gasteiger partial charge in [-0.2, -0.15) is 0 Å². The number of carbonyl (C=O) groups is 3. The quantitative estimate of drug-likeness (QED) is 0.391. The Kier molecular flexibility index (Phi) is 5.90. The largest absolute Gasteiger partial charge is 0.459 e. The highest BCUT2D eigenvalue weighted by atomic mass is 32.2. The second-order valence-corrected chi connectivity index (χ2v) is 9.57. The maximum absolute atomic E-state index is 12.6. The first-order chi connectivity index (χ1) is 13.6. The Morgan fingerprint density at radius 1 is 1.17 bits per heavy atom. The number of hydrogen-bond acceptors (Lipinski definition) is 6. The van der Waals surface area contributed by atoms with Crippen molar-refractivity contribution in [3.63, 3.8) is 0 Å². The molecule has 0 unspecified atom stereocenters. The number of likely N-dealkylation sites (tertiary alicyclic amines) is 1. The average Bonchev–Trinajstić information content (AvgIpc) is 2.96. The van der Waals surface area contributed by atoms with E-state index in [1.54, 1.807) is 12.1 Å². The van der Waals surface area contributed by atoms with Crippen molar-refractivity contribution in [2.75, 3.05) is 14.1 Å². The summed E-state index contributed by atoms with van der Waals surface area (Å²) >= 11 is 0. The lowest BCUT2D eigenvalue weighted by Crippen LogP contribution is -2.44. The first-order valence-corrected chi connectivity index (χ1v) is 10.8. The summed E-state index contributed by atoms with van der Waals surface area (Å²) in [5.41, 5.74) is 0.491. The van der Waals surface area contributed by atoms with E-state index in [0.29, 0.717) is 18.4 Å². The van der Waals surface area contributed by atoms with E-state index < -0.39 is 33.9 Å². The molecule has 2 aliphatic rings. The maximum Gasteiger partial charge on any atom is 0.329 e. The molecule has 3 rings (SSSR count). The highest BCUT2D eigenvalue weighted by molar-refractivity contribution is 7.89. The number of benzene rings is 1. The van der Waals surface area contributed by atoms with Crippen molar-refractivity contribution in [3.05, 3.63) is 42.0 Å². The van der Waals surface area contributed by atoms with Crippen molar-refractivity contribution in [1.29, 1.82) is 0 Å². The van der Waals surface area contributed by atoms with Crippen molar-refractivity contribution in [2.45, 2.75) is 37.3 Å². The molecule has 1 aromatic carbocycles. The molecule has 0 bridgehead atoms. The van der Waals surface area contributed by atoms with E-state index in [4.69, 9.17) is 4.74 Å². The van der Waals surface area contributed by atoms with Gasteiger partial charge in [0.1, 0.15) is 12.6 Å². The van der Waals surface area contributed by atoms with Crippen molar-refractivity contribution in [1.82, 2.24) is 9.21 Å². The molecule has 156 valence electrons. The van der Waals surface area contributed by atoms with E-state index in [0.717, 1.165) is 9.21 Å². The van der Waals surface area contributed by atoms with Crippen molar-refractivity contribution < 1.29 is 27.5 Å². The molecule has 9 heteroatoms. The molecule has 29 heavy (non-hydrogen) atoms. The molecule has 0 aromatic heterocycles. The molecule has 1 aliphatic carbocycles. The molecule has 1 saturated heterocycles. The average molecular weight is 420 g/mol. The van der Waals surface area contributed by atoms with Gasteiger partial charge in [0.05, 0.1) is 16.7 Å². The second-order valence-electron chi connectivity index (χ2n) is 7.42. The number of allylic oxidation sites excluding steroid dienone is 2. The molecule has 0 radical (unpaired) electrons. The SMILES string of the molecule is C[C@H](C(=O)OCc1cccc(S(=O)(=O)N(C)C)c1)N1C(=O)[C@H]2CC=CC[C@H]2C1=O. The number of imide groups is 1. The number of nitrogens with zero attached hydrogens (tertiary/aromatic N) is 2. The van der Waals surface area contributed by atoms with Crippen molar-refractivity contribution in [2.24, 2.45) is 11.8 Å². The summed E-state index contributed by atoms with van der Waals surface area (Å²) in [6, 6.07) is 5.06. The molecule has 0 N–H and O–H groups in total. The van der Waals surface area contributed by atoms with Crippen LogP contribution >= 0.6 is 0 Å². The molecule has 0 saturated carbocycles. The Hall–Kier alpha value is -2.52. The van der Waals surface area contributed by atoms with Crippen molar-refractivity contribution in [3.8, 4) is 0 Å². The Labute approximate surface area is 170 Å². The third kappa shape index (κ3) is 3.97. The molecule has 1 heterocycles. The van der Waals surface area contributed by atoms with E-state index in [1.165, 1.54) is 33.2 Å². The van der Waals surface area contributed by atoms with Gasteiger partial charge in [0.25, 0.3) is 0 Å². The minimum Gasteiger partial charge on any atom is -0.459 e. The number of ether oxygens (including phenoxy) is 1. The van der Waals surface area contributed by atoms with Gasteiger partial charge in [-0.3, -0.25) is 14.5 Å². The number of fused-ring (bicyclic) bond motifs is 1. The Balaban J connectivity index is 1.67. The number of sulfonamides is 1. The smallest absolute Gasteiger partial charge is 0.329 e. The first-order valence-electron chi connectivity index (χ1n) is 9.34. The summed E-state index contributed by atoms with van der Waals surface area (Å²) in [5.74, 6) is -2.20. The lowest BCUT2D eigenvalue weighted by molar-refractivity contribution is -0.159. The van der Waals surface area contributed by atoms with Gasteiger partial charge in [0.15, 0.2) is 0 Å².